The minimum Gasteiger partial charge on any atom is -0.355 e. The molecule has 0 saturated heterocycles. The van der Waals surface area contributed by atoms with Crippen LogP contribution in [0.5, 0.6) is 0 Å². The van der Waals surface area contributed by atoms with E-state index in [1.165, 1.54) is 0 Å². The highest BCUT2D eigenvalue weighted by Gasteiger charge is 1.96. The zero-order chi connectivity index (χ0) is 11.4. The molecule has 2 aromatic carbocycles. The van der Waals surface area contributed by atoms with Crippen molar-refractivity contribution in [1.29, 1.82) is 5.26 Å². The van der Waals surface area contributed by atoms with E-state index in [-0.39, 0.29) is 0 Å². The van der Waals surface area contributed by atoms with Gasteiger partial charge in [-0.1, -0.05) is 17.7 Å². The highest BCUT2D eigenvalue weighted by atomic mass is 35.5. The van der Waals surface area contributed by atoms with Crippen LogP contribution in [0.2, 0.25) is 5.02 Å². The minimum absolute atomic E-state index is 0.650. The van der Waals surface area contributed by atoms with Crippen molar-refractivity contribution in [3.05, 3.63) is 59.1 Å². The van der Waals surface area contributed by atoms with Crippen molar-refractivity contribution in [1.82, 2.24) is 0 Å². The van der Waals surface area contributed by atoms with Crippen LogP contribution in [0.15, 0.2) is 48.5 Å². The Kier molecular flexibility index (Phi) is 3.09. The molecule has 0 bridgehead atoms. The molecule has 0 aliphatic carbocycles. The van der Waals surface area contributed by atoms with Crippen LogP contribution in [0.3, 0.4) is 0 Å². The summed E-state index contributed by atoms with van der Waals surface area (Å²) < 4.78 is 0. The third kappa shape index (κ3) is 2.53. The van der Waals surface area contributed by atoms with Gasteiger partial charge >= 0.3 is 0 Å². The Balaban J connectivity index is 2.18. The summed E-state index contributed by atoms with van der Waals surface area (Å²) in [5.74, 6) is 0. The fourth-order valence-corrected chi connectivity index (χ4v) is 1.55. The monoisotopic (exact) mass is 228 g/mol. The van der Waals surface area contributed by atoms with Gasteiger partial charge in [-0.25, -0.2) is 0 Å². The SMILES string of the molecule is N#Cc1ccc(Nc2cccc(Cl)c2)cc1. The van der Waals surface area contributed by atoms with Crippen molar-refractivity contribution in [3.63, 3.8) is 0 Å². The highest BCUT2D eigenvalue weighted by Crippen LogP contribution is 2.20. The van der Waals surface area contributed by atoms with E-state index in [2.05, 4.69) is 11.4 Å². The number of hydrogen-bond acceptors (Lipinski definition) is 2. The molecule has 0 unspecified atom stereocenters. The number of anilines is 2. The van der Waals surface area contributed by atoms with E-state index in [0.29, 0.717) is 10.6 Å². The molecule has 0 spiro atoms. The molecule has 0 fully saturated rings. The van der Waals surface area contributed by atoms with Crippen LogP contribution in [-0.4, -0.2) is 0 Å². The van der Waals surface area contributed by atoms with Crippen molar-refractivity contribution < 1.29 is 0 Å². The lowest BCUT2D eigenvalue weighted by atomic mass is 10.2. The van der Waals surface area contributed by atoms with Gasteiger partial charge in [0.05, 0.1) is 11.6 Å². The first-order chi connectivity index (χ1) is 7.78. The van der Waals surface area contributed by atoms with Crippen LogP contribution in [-0.2, 0) is 0 Å². The van der Waals surface area contributed by atoms with Gasteiger partial charge in [0.2, 0.25) is 0 Å². The second-order valence-electron chi connectivity index (χ2n) is 3.32. The first-order valence-corrected chi connectivity index (χ1v) is 5.18. The fourth-order valence-electron chi connectivity index (χ4n) is 1.36. The Hall–Kier alpha value is -1.98. The van der Waals surface area contributed by atoms with E-state index in [1.54, 1.807) is 12.1 Å². The summed E-state index contributed by atoms with van der Waals surface area (Å²) >= 11 is 5.88. The number of benzene rings is 2. The smallest absolute Gasteiger partial charge is 0.0991 e. The number of halogens is 1. The summed E-state index contributed by atoms with van der Waals surface area (Å²) in [5, 5.41) is 12.6. The predicted octanol–water partition coefficient (Wildman–Crippen LogP) is 3.96. The van der Waals surface area contributed by atoms with Crippen molar-refractivity contribution in [2.24, 2.45) is 0 Å². The second kappa shape index (κ2) is 4.69. The molecule has 2 rings (SSSR count). The van der Waals surface area contributed by atoms with Gasteiger partial charge in [0.25, 0.3) is 0 Å². The predicted molar refractivity (Wildman–Crippen MR) is 65.9 cm³/mol. The molecule has 0 heterocycles. The van der Waals surface area contributed by atoms with E-state index in [1.807, 2.05) is 36.4 Å². The summed E-state index contributed by atoms with van der Waals surface area (Å²) in [6.45, 7) is 0. The van der Waals surface area contributed by atoms with Gasteiger partial charge in [0.1, 0.15) is 0 Å². The number of hydrogen-bond donors (Lipinski definition) is 1. The lowest BCUT2D eigenvalue weighted by Crippen LogP contribution is -1.89. The van der Waals surface area contributed by atoms with Crippen LogP contribution < -0.4 is 5.32 Å². The lowest BCUT2D eigenvalue weighted by molar-refractivity contribution is 1.47. The maximum absolute atomic E-state index is 8.67. The van der Waals surface area contributed by atoms with Gasteiger partial charge in [0, 0.05) is 16.4 Å². The lowest BCUT2D eigenvalue weighted by Gasteiger charge is -2.06. The molecule has 2 nitrogen and oxygen atoms in total. The first kappa shape index (κ1) is 10.5. The van der Waals surface area contributed by atoms with Crippen molar-refractivity contribution >= 4 is 23.0 Å². The number of nitriles is 1. The molecule has 16 heavy (non-hydrogen) atoms. The maximum Gasteiger partial charge on any atom is 0.0991 e. The molecular weight excluding hydrogens is 220 g/mol. The van der Waals surface area contributed by atoms with Crippen molar-refractivity contribution in [2.45, 2.75) is 0 Å². The number of rotatable bonds is 2. The summed E-state index contributed by atoms with van der Waals surface area (Å²) in [6.07, 6.45) is 0. The molecule has 0 amide bonds. The van der Waals surface area contributed by atoms with Crippen LogP contribution in [0.4, 0.5) is 11.4 Å². The molecule has 0 aliphatic rings. The van der Waals surface area contributed by atoms with Gasteiger partial charge in [0.15, 0.2) is 0 Å². The third-order valence-electron chi connectivity index (χ3n) is 2.13. The van der Waals surface area contributed by atoms with Crippen LogP contribution in [0.1, 0.15) is 5.56 Å². The molecule has 0 aromatic heterocycles. The molecular formula is C13H9ClN2. The maximum atomic E-state index is 8.67. The largest absolute Gasteiger partial charge is 0.355 e. The number of nitrogens with zero attached hydrogens (tertiary/aromatic N) is 1. The van der Waals surface area contributed by atoms with Crippen LogP contribution >= 0.6 is 11.6 Å². The van der Waals surface area contributed by atoms with E-state index >= 15 is 0 Å². The average molecular weight is 229 g/mol. The molecule has 0 saturated carbocycles. The molecule has 78 valence electrons. The Labute approximate surface area is 99.1 Å². The third-order valence-corrected chi connectivity index (χ3v) is 2.36. The molecule has 3 heteroatoms. The molecule has 0 atom stereocenters. The second-order valence-corrected chi connectivity index (χ2v) is 3.76. The van der Waals surface area contributed by atoms with E-state index < -0.39 is 0 Å². The van der Waals surface area contributed by atoms with E-state index in [4.69, 9.17) is 16.9 Å². The molecule has 2 aromatic rings. The van der Waals surface area contributed by atoms with Gasteiger partial charge in [-0.15, -0.1) is 0 Å². The normalized spacial score (nSPS) is 9.50. The Morgan fingerprint density at radius 2 is 1.75 bits per heavy atom. The number of nitrogens with one attached hydrogen (secondary N) is 1. The van der Waals surface area contributed by atoms with Gasteiger partial charge < -0.3 is 5.32 Å². The Morgan fingerprint density at radius 3 is 2.38 bits per heavy atom. The quantitative estimate of drug-likeness (QED) is 0.845. The summed E-state index contributed by atoms with van der Waals surface area (Å²) in [4.78, 5) is 0. The standard InChI is InChI=1S/C13H9ClN2/c14-11-2-1-3-13(8-11)16-12-6-4-10(9-15)5-7-12/h1-8,16H. The molecule has 1 N–H and O–H groups in total. The highest BCUT2D eigenvalue weighted by molar-refractivity contribution is 6.30. The van der Waals surface area contributed by atoms with E-state index in [0.717, 1.165) is 11.4 Å². The average Bonchev–Trinajstić information content (AvgIpc) is 2.30. The molecule has 0 aliphatic heterocycles. The summed E-state index contributed by atoms with van der Waals surface area (Å²) in [5.41, 5.74) is 2.51. The Morgan fingerprint density at radius 1 is 1.00 bits per heavy atom. The van der Waals surface area contributed by atoms with Crippen molar-refractivity contribution in [3.8, 4) is 6.07 Å². The van der Waals surface area contributed by atoms with Gasteiger partial charge in [-0.05, 0) is 42.5 Å². The topological polar surface area (TPSA) is 35.8 Å². The van der Waals surface area contributed by atoms with E-state index in [9.17, 15) is 0 Å². The minimum atomic E-state index is 0.650. The first-order valence-electron chi connectivity index (χ1n) is 4.81. The summed E-state index contributed by atoms with van der Waals surface area (Å²) in [6, 6.07) is 16.8. The van der Waals surface area contributed by atoms with Gasteiger partial charge in [-0.2, -0.15) is 5.26 Å². The summed E-state index contributed by atoms with van der Waals surface area (Å²) in [7, 11) is 0. The van der Waals surface area contributed by atoms with Crippen LogP contribution in [0, 0.1) is 11.3 Å². The zero-order valence-electron chi connectivity index (χ0n) is 8.44. The zero-order valence-corrected chi connectivity index (χ0v) is 9.20. The van der Waals surface area contributed by atoms with Crippen LogP contribution in [0.25, 0.3) is 0 Å². The molecule has 0 radical (unpaired) electrons. The van der Waals surface area contributed by atoms with Crippen molar-refractivity contribution in [2.75, 3.05) is 5.32 Å². The Bertz CT molecular complexity index is 526. The van der Waals surface area contributed by atoms with Gasteiger partial charge in [-0.3, -0.25) is 0 Å². The fraction of sp³-hybridized carbons (Fsp3) is 0.